The molecule has 3 aromatic rings. The van der Waals surface area contributed by atoms with E-state index < -0.39 is 30.1 Å². The number of carbonyl (C=O) groups is 2. The molecule has 4 rings (SSSR count). The van der Waals surface area contributed by atoms with Gasteiger partial charge in [-0.15, -0.1) is 0 Å². The maximum atomic E-state index is 13.9. The Bertz CT molecular complexity index is 1450. The summed E-state index contributed by atoms with van der Waals surface area (Å²) in [5.41, 5.74) is 1.37. The number of nitrogens with zero attached hydrogens (tertiary/aromatic N) is 5. The molecule has 0 radical (unpaired) electrons. The molecule has 0 saturated carbocycles. The number of ether oxygens (including phenoxy) is 1. The van der Waals surface area contributed by atoms with Crippen molar-refractivity contribution in [3.8, 4) is 5.88 Å². The second kappa shape index (κ2) is 13.0. The number of aliphatic hydroxyl groups excluding tert-OH is 1. The van der Waals surface area contributed by atoms with E-state index in [4.69, 9.17) is 9.84 Å². The van der Waals surface area contributed by atoms with Crippen LogP contribution < -0.4 is 20.7 Å². The predicted octanol–water partition coefficient (Wildman–Crippen LogP) is 3.29. The first-order valence-electron chi connectivity index (χ1n) is 13.0. The lowest BCUT2D eigenvalue weighted by Crippen LogP contribution is -2.49. The van der Waals surface area contributed by atoms with E-state index >= 15 is 0 Å². The number of pyridine rings is 1. The van der Waals surface area contributed by atoms with Crippen molar-refractivity contribution in [3.05, 3.63) is 53.3 Å². The van der Waals surface area contributed by atoms with Gasteiger partial charge in [0.2, 0.25) is 23.6 Å². The smallest absolute Gasteiger partial charge is 0.421 e. The highest BCUT2D eigenvalue weighted by atomic mass is 19.4. The van der Waals surface area contributed by atoms with Gasteiger partial charge in [0, 0.05) is 58.1 Å². The zero-order valence-electron chi connectivity index (χ0n) is 23.2. The third-order valence-corrected chi connectivity index (χ3v) is 6.54. The van der Waals surface area contributed by atoms with E-state index in [1.54, 1.807) is 42.3 Å². The van der Waals surface area contributed by atoms with Crippen molar-refractivity contribution in [3.63, 3.8) is 0 Å². The number of benzene rings is 1. The summed E-state index contributed by atoms with van der Waals surface area (Å²) in [6.07, 6.45) is -2.54. The summed E-state index contributed by atoms with van der Waals surface area (Å²) < 4.78 is 46.9. The van der Waals surface area contributed by atoms with Gasteiger partial charge in [-0.2, -0.15) is 18.2 Å². The summed E-state index contributed by atoms with van der Waals surface area (Å²) in [5, 5.41) is 17.4. The van der Waals surface area contributed by atoms with Gasteiger partial charge in [-0.05, 0) is 30.2 Å². The molecule has 1 aliphatic heterocycles. The van der Waals surface area contributed by atoms with Gasteiger partial charge in [-0.1, -0.05) is 6.07 Å². The fraction of sp³-hybridized carbons (Fsp3) is 0.370. The quantitative estimate of drug-likeness (QED) is 0.294. The number of aryl methyl sites for hydroxylation is 1. The van der Waals surface area contributed by atoms with Gasteiger partial charge in [-0.3, -0.25) is 14.5 Å². The van der Waals surface area contributed by atoms with Crippen molar-refractivity contribution in [2.24, 2.45) is 0 Å². The lowest BCUT2D eigenvalue weighted by molar-refractivity contribution is -0.137. The van der Waals surface area contributed by atoms with Crippen LogP contribution in [-0.4, -0.2) is 81.6 Å². The van der Waals surface area contributed by atoms with Gasteiger partial charge in [0.05, 0.1) is 24.2 Å². The molecule has 0 unspecified atom stereocenters. The second-order valence-corrected chi connectivity index (χ2v) is 9.62. The Labute approximate surface area is 239 Å². The number of hydrogen-bond donors (Lipinski definition) is 4. The molecular weight excluding hydrogens is 557 g/mol. The molecule has 0 bridgehead atoms. The Morgan fingerprint density at radius 2 is 1.76 bits per heavy atom. The minimum Gasteiger partial charge on any atom is -0.481 e. The lowest BCUT2D eigenvalue weighted by Gasteiger charge is -2.34. The maximum absolute atomic E-state index is 13.9. The van der Waals surface area contributed by atoms with E-state index in [0.29, 0.717) is 56.1 Å². The average molecular weight is 589 g/mol. The van der Waals surface area contributed by atoms with Crippen molar-refractivity contribution in [2.75, 3.05) is 55.8 Å². The first kappa shape index (κ1) is 30.5. The number of halogens is 3. The Hall–Kier alpha value is -4.50. The Balaban J connectivity index is 1.60. The molecule has 2 aromatic heterocycles. The number of hydrogen-bond acceptors (Lipinski definition) is 10. The Morgan fingerprint density at radius 3 is 2.40 bits per heavy atom. The molecule has 12 nitrogen and oxygen atoms in total. The highest BCUT2D eigenvalue weighted by molar-refractivity contribution is 5.93. The number of aromatic nitrogens is 3. The van der Waals surface area contributed by atoms with Gasteiger partial charge >= 0.3 is 6.18 Å². The van der Waals surface area contributed by atoms with E-state index in [1.807, 2.05) is 0 Å². The number of nitrogens with one attached hydrogen (secondary N) is 3. The van der Waals surface area contributed by atoms with Crippen LogP contribution >= 0.6 is 0 Å². The number of amides is 2. The van der Waals surface area contributed by atoms with E-state index in [1.165, 1.54) is 14.0 Å². The van der Waals surface area contributed by atoms with Crippen LogP contribution in [0.5, 0.6) is 5.88 Å². The van der Waals surface area contributed by atoms with Crippen LogP contribution in [0.3, 0.4) is 0 Å². The highest BCUT2D eigenvalue weighted by Gasteiger charge is 2.35. The molecule has 0 spiro atoms. The number of aliphatic hydroxyl groups is 1. The fourth-order valence-corrected chi connectivity index (χ4v) is 4.35. The molecular formula is C27H31F3N8O4. The topological polar surface area (TPSA) is 145 Å². The van der Waals surface area contributed by atoms with Crippen LogP contribution in [0, 0.1) is 6.92 Å². The van der Waals surface area contributed by atoms with Gasteiger partial charge < -0.3 is 30.7 Å². The number of carbonyl (C=O) groups excluding carboxylic acids is 2. The normalized spacial score (nSPS) is 13.9. The first-order valence-corrected chi connectivity index (χ1v) is 13.0. The van der Waals surface area contributed by atoms with Crippen LogP contribution in [-0.2, 0) is 22.3 Å². The third kappa shape index (κ3) is 7.61. The van der Waals surface area contributed by atoms with Crippen LogP contribution in [0.2, 0.25) is 0 Å². The number of piperazine rings is 1. The molecule has 1 aliphatic rings. The summed E-state index contributed by atoms with van der Waals surface area (Å²) in [6.45, 7) is 5.10. The van der Waals surface area contributed by atoms with Crippen LogP contribution in [0.1, 0.15) is 23.6 Å². The molecule has 3 heterocycles. The minimum atomic E-state index is -4.76. The third-order valence-electron chi connectivity index (χ3n) is 6.54. The maximum Gasteiger partial charge on any atom is 0.421 e. The van der Waals surface area contributed by atoms with Crippen molar-refractivity contribution in [1.29, 1.82) is 0 Å². The van der Waals surface area contributed by atoms with Crippen LogP contribution in [0.25, 0.3) is 0 Å². The Morgan fingerprint density at radius 1 is 1.02 bits per heavy atom. The van der Waals surface area contributed by atoms with E-state index in [-0.39, 0.29) is 23.2 Å². The molecule has 4 N–H and O–H groups in total. The predicted molar refractivity (Wildman–Crippen MR) is 149 cm³/mol. The van der Waals surface area contributed by atoms with Crippen molar-refractivity contribution < 1.29 is 32.6 Å². The molecule has 42 heavy (non-hydrogen) atoms. The summed E-state index contributed by atoms with van der Waals surface area (Å²) in [5.74, 6) is -1.04. The molecule has 1 saturated heterocycles. The monoisotopic (exact) mass is 588 g/mol. The van der Waals surface area contributed by atoms with Gasteiger partial charge in [0.1, 0.15) is 18.0 Å². The zero-order valence-corrected chi connectivity index (χ0v) is 23.2. The molecule has 15 heteroatoms. The number of methoxy groups -OCH3 is 1. The SMILES string of the molecule is COc1cc(Nc2ncc(C(F)(F)F)c(Nc3ccc(CN4CCN(C(=O)CO)CC4)cc3NC(C)=O)n2)c(C)cn1. The molecule has 1 fully saturated rings. The van der Waals surface area contributed by atoms with Gasteiger partial charge in [0.25, 0.3) is 0 Å². The molecule has 0 aliphatic carbocycles. The number of rotatable bonds is 9. The van der Waals surface area contributed by atoms with Crippen LogP contribution in [0.15, 0.2) is 36.7 Å². The average Bonchev–Trinajstić information content (AvgIpc) is 2.95. The molecule has 2 amide bonds. The zero-order chi connectivity index (χ0) is 30.4. The Kier molecular flexibility index (Phi) is 9.42. The lowest BCUT2D eigenvalue weighted by atomic mass is 10.1. The number of anilines is 5. The standard InChI is InChI=1S/C27H31F3N8O4/c1-16-12-31-23(42-3)11-21(16)35-26-32-13-19(27(28,29)30)25(36-26)34-20-5-4-18(10-22(20)33-17(2)40)14-37-6-8-38(9-7-37)24(41)15-39/h4-5,10-13,39H,6-9,14-15H2,1-3H3,(H,33,40)(H2,31,32,34,35,36). The molecule has 0 atom stereocenters. The largest absolute Gasteiger partial charge is 0.481 e. The first-order chi connectivity index (χ1) is 20.0. The fourth-order valence-electron chi connectivity index (χ4n) is 4.35. The summed E-state index contributed by atoms with van der Waals surface area (Å²) in [7, 11) is 1.44. The van der Waals surface area contributed by atoms with E-state index in [2.05, 4.69) is 35.8 Å². The number of alkyl halides is 3. The summed E-state index contributed by atoms with van der Waals surface area (Å²) in [4.78, 5) is 39.4. The summed E-state index contributed by atoms with van der Waals surface area (Å²) >= 11 is 0. The second-order valence-electron chi connectivity index (χ2n) is 9.62. The van der Waals surface area contributed by atoms with Crippen molar-refractivity contribution >= 4 is 40.6 Å². The van der Waals surface area contributed by atoms with E-state index in [9.17, 15) is 22.8 Å². The summed E-state index contributed by atoms with van der Waals surface area (Å²) in [6, 6.07) is 6.55. The van der Waals surface area contributed by atoms with Gasteiger partial charge in [-0.25, -0.2) is 9.97 Å². The van der Waals surface area contributed by atoms with E-state index in [0.717, 1.165) is 5.56 Å². The van der Waals surface area contributed by atoms with Crippen LogP contribution in [0.4, 0.5) is 42.0 Å². The highest BCUT2D eigenvalue weighted by Crippen LogP contribution is 2.37. The minimum absolute atomic E-state index is 0.0987. The molecule has 224 valence electrons. The van der Waals surface area contributed by atoms with Gasteiger partial charge in [0.15, 0.2) is 0 Å². The van der Waals surface area contributed by atoms with Crippen molar-refractivity contribution in [1.82, 2.24) is 24.8 Å². The molecule has 1 aromatic carbocycles. The van der Waals surface area contributed by atoms with Crippen molar-refractivity contribution in [2.45, 2.75) is 26.6 Å².